The molecule has 0 radical (unpaired) electrons. The van der Waals surface area contributed by atoms with Crippen LogP contribution in [0.3, 0.4) is 0 Å². The van der Waals surface area contributed by atoms with Crippen LogP contribution in [0.15, 0.2) is 18.3 Å². The van der Waals surface area contributed by atoms with Crippen molar-refractivity contribution in [1.82, 2.24) is 20.4 Å². The summed E-state index contributed by atoms with van der Waals surface area (Å²) < 4.78 is 0. The summed E-state index contributed by atoms with van der Waals surface area (Å²) in [6.45, 7) is 0.436. The van der Waals surface area contributed by atoms with E-state index in [4.69, 9.17) is 5.11 Å². The lowest BCUT2D eigenvalue weighted by atomic mass is 10.4. The number of nitrogens with zero attached hydrogens (tertiary/aromatic N) is 3. The number of carboxylic acid groups (broad SMARTS) is 1. The molecule has 0 atom stereocenters. The van der Waals surface area contributed by atoms with Crippen LogP contribution in [0, 0.1) is 0 Å². The summed E-state index contributed by atoms with van der Waals surface area (Å²) in [4.78, 5) is 23.1. The average Bonchev–Trinajstić information content (AvgIpc) is 2.34. The molecule has 7 heteroatoms. The van der Waals surface area contributed by atoms with Crippen molar-refractivity contribution in [1.29, 1.82) is 0 Å². The first kappa shape index (κ1) is 12.9. The first-order valence-electron chi connectivity index (χ1n) is 5.07. The minimum atomic E-state index is -0.932. The molecule has 92 valence electrons. The predicted octanol–water partition coefficient (Wildman–Crippen LogP) is 0.0927. The highest BCUT2D eigenvalue weighted by molar-refractivity contribution is 5.74. The van der Waals surface area contributed by atoms with Crippen LogP contribution in [0.2, 0.25) is 0 Å². The Kier molecular flexibility index (Phi) is 4.86. The van der Waals surface area contributed by atoms with Gasteiger partial charge in [0.15, 0.2) is 0 Å². The lowest BCUT2D eigenvalue weighted by Gasteiger charge is -2.16. The van der Waals surface area contributed by atoms with Crippen LogP contribution in [-0.2, 0) is 11.3 Å². The number of aliphatic carboxylic acids is 1. The van der Waals surface area contributed by atoms with Crippen LogP contribution in [-0.4, -0.2) is 45.8 Å². The molecule has 2 amide bonds. The molecule has 0 saturated heterocycles. The highest BCUT2D eigenvalue weighted by Gasteiger charge is 2.09. The third kappa shape index (κ3) is 4.92. The van der Waals surface area contributed by atoms with Gasteiger partial charge >= 0.3 is 12.0 Å². The van der Waals surface area contributed by atoms with E-state index in [1.54, 1.807) is 18.3 Å². The third-order valence-electron chi connectivity index (χ3n) is 2.06. The number of carboxylic acids is 1. The van der Waals surface area contributed by atoms with E-state index in [0.717, 1.165) is 0 Å². The maximum absolute atomic E-state index is 11.5. The van der Waals surface area contributed by atoms with Gasteiger partial charge in [-0.05, 0) is 12.1 Å². The SMILES string of the molecule is CN(CCC(=O)O)C(=O)NCc1cccnn1. The second-order valence-corrected chi connectivity index (χ2v) is 3.44. The molecule has 0 aromatic carbocycles. The van der Waals surface area contributed by atoms with Gasteiger partial charge in [0.05, 0.1) is 18.7 Å². The standard InChI is InChI=1S/C10H14N4O3/c1-14(6-4-9(15)16)10(17)11-7-8-3-2-5-12-13-8/h2-3,5H,4,6-7H2,1H3,(H,11,17)(H,15,16). The number of aromatic nitrogens is 2. The molecule has 1 rings (SSSR count). The molecule has 0 fully saturated rings. The number of hydrogen-bond donors (Lipinski definition) is 2. The fourth-order valence-electron chi connectivity index (χ4n) is 1.09. The molecule has 0 spiro atoms. The third-order valence-corrected chi connectivity index (χ3v) is 2.06. The Labute approximate surface area is 98.5 Å². The molecule has 1 aromatic rings. The Balaban J connectivity index is 2.32. The Morgan fingerprint density at radius 3 is 2.88 bits per heavy atom. The van der Waals surface area contributed by atoms with Gasteiger partial charge in [-0.3, -0.25) is 4.79 Å². The van der Waals surface area contributed by atoms with Gasteiger partial charge in [-0.1, -0.05) is 0 Å². The highest BCUT2D eigenvalue weighted by Crippen LogP contribution is 1.93. The van der Waals surface area contributed by atoms with Crippen molar-refractivity contribution in [3.8, 4) is 0 Å². The molecule has 2 N–H and O–H groups in total. The number of hydrogen-bond acceptors (Lipinski definition) is 4. The molecule has 0 unspecified atom stereocenters. The molecule has 17 heavy (non-hydrogen) atoms. The summed E-state index contributed by atoms with van der Waals surface area (Å²) >= 11 is 0. The van der Waals surface area contributed by atoms with Gasteiger partial charge in [0.2, 0.25) is 0 Å². The van der Waals surface area contributed by atoms with E-state index < -0.39 is 5.97 Å². The Morgan fingerprint density at radius 2 is 2.29 bits per heavy atom. The topological polar surface area (TPSA) is 95.4 Å². The summed E-state index contributed by atoms with van der Waals surface area (Å²) in [5, 5.41) is 18.6. The number of urea groups is 1. The van der Waals surface area contributed by atoms with E-state index in [9.17, 15) is 9.59 Å². The maximum Gasteiger partial charge on any atom is 0.317 e. The molecule has 1 heterocycles. The van der Waals surface area contributed by atoms with Gasteiger partial charge in [0, 0.05) is 19.8 Å². The van der Waals surface area contributed by atoms with Gasteiger partial charge in [-0.25, -0.2) is 4.79 Å². The average molecular weight is 238 g/mol. The Morgan fingerprint density at radius 1 is 1.53 bits per heavy atom. The smallest absolute Gasteiger partial charge is 0.317 e. The Bertz CT molecular complexity index is 382. The van der Waals surface area contributed by atoms with Gasteiger partial charge in [0.1, 0.15) is 0 Å². The van der Waals surface area contributed by atoms with Gasteiger partial charge in [-0.15, -0.1) is 0 Å². The second-order valence-electron chi connectivity index (χ2n) is 3.44. The zero-order valence-electron chi connectivity index (χ0n) is 9.46. The molecule has 0 saturated carbocycles. The lowest BCUT2D eigenvalue weighted by molar-refractivity contribution is -0.137. The van der Waals surface area contributed by atoms with Crippen LogP contribution >= 0.6 is 0 Å². The van der Waals surface area contributed by atoms with Crippen molar-refractivity contribution in [3.63, 3.8) is 0 Å². The normalized spacial score (nSPS) is 9.71. The lowest BCUT2D eigenvalue weighted by Crippen LogP contribution is -2.38. The molecule has 0 aliphatic carbocycles. The summed E-state index contributed by atoms with van der Waals surface area (Å²) in [6, 6.07) is 3.13. The van der Waals surface area contributed by atoms with Crippen molar-refractivity contribution >= 4 is 12.0 Å². The summed E-state index contributed by atoms with van der Waals surface area (Å²) in [6.07, 6.45) is 1.47. The van der Waals surface area contributed by atoms with E-state index in [0.29, 0.717) is 5.69 Å². The van der Waals surface area contributed by atoms with Crippen molar-refractivity contribution in [2.45, 2.75) is 13.0 Å². The van der Waals surface area contributed by atoms with E-state index in [1.165, 1.54) is 11.9 Å². The van der Waals surface area contributed by atoms with E-state index >= 15 is 0 Å². The van der Waals surface area contributed by atoms with Gasteiger partial charge in [0.25, 0.3) is 0 Å². The fraction of sp³-hybridized carbons (Fsp3) is 0.400. The van der Waals surface area contributed by atoms with Crippen LogP contribution in [0.4, 0.5) is 4.79 Å². The monoisotopic (exact) mass is 238 g/mol. The van der Waals surface area contributed by atoms with E-state index in [-0.39, 0.29) is 25.5 Å². The summed E-state index contributed by atoms with van der Waals surface area (Å²) in [5.74, 6) is -0.932. The van der Waals surface area contributed by atoms with Gasteiger partial charge in [-0.2, -0.15) is 10.2 Å². The van der Waals surface area contributed by atoms with Crippen LogP contribution < -0.4 is 5.32 Å². The Hall–Kier alpha value is -2.18. The largest absolute Gasteiger partial charge is 0.481 e. The molecule has 0 aliphatic heterocycles. The molecular formula is C10H14N4O3. The molecule has 1 aromatic heterocycles. The van der Waals surface area contributed by atoms with Crippen LogP contribution in [0.1, 0.15) is 12.1 Å². The highest BCUT2D eigenvalue weighted by atomic mass is 16.4. The second kappa shape index (κ2) is 6.41. The van der Waals surface area contributed by atoms with Crippen LogP contribution in [0.25, 0.3) is 0 Å². The van der Waals surface area contributed by atoms with Crippen LogP contribution in [0.5, 0.6) is 0 Å². The molecule has 0 bridgehead atoms. The zero-order valence-corrected chi connectivity index (χ0v) is 9.46. The van der Waals surface area contributed by atoms with E-state index in [1.807, 2.05) is 0 Å². The quantitative estimate of drug-likeness (QED) is 0.758. The number of nitrogens with one attached hydrogen (secondary N) is 1. The molecule has 7 nitrogen and oxygen atoms in total. The summed E-state index contributed by atoms with van der Waals surface area (Å²) in [5.41, 5.74) is 0.646. The predicted molar refractivity (Wildman–Crippen MR) is 59.2 cm³/mol. The minimum Gasteiger partial charge on any atom is -0.481 e. The minimum absolute atomic E-state index is 0.0743. The number of carbonyl (C=O) groups excluding carboxylic acids is 1. The van der Waals surface area contributed by atoms with Crippen molar-refractivity contribution in [2.24, 2.45) is 0 Å². The number of carbonyl (C=O) groups is 2. The fourth-order valence-corrected chi connectivity index (χ4v) is 1.09. The zero-order chi connectivity index (χ0) is 12.7. The number of amides is 2. The van der Waals surface area contributed by atoms with Crippen molar-refractivity contribution in [3.05, 3.63) is 24.0 Å². The molecular weight excluding hydrogens is 224 g/mol. The first-order valence-corrected chi connectivity index (χ1v) is 5.07. The van der Waals surface area contributed by atoms with E-state index in [2.05, 4.69) is 15.5 Å². The van der Waals surface area contributed by atoms with Crippen molar-refractivity contribution in [2.75, 3.05) is 13.6 Å². The van der Waals surface area contributed by atoms with Crippen molar-refractivity contribution < 1.29 is 14.7 Å². The molecule has 0 aliphatic rings. The first-order chi connectivity index (χ1) is 8.09. The maximum atomic E-state index is 11.5. The summed E-state index contributed by atoms with van der Waals surface area (Å²) in [7, 11) is 1.54. The number of rotatable bonds is 5. The van der Waals surface area contributed by atoms with Gasteiger partial charge < -0.3 is 15.3 Å².